The number of halogens is 2. The first kappa shape index (κ1) is 13.7. The van der Waals surface area contributed by atoms with E-state index in [-0.39, 0.29) is 18.4 Å². The third-order valence-corrected chi connectivity index (χ3v) is 5.07. The van der Waals surface area contributed by atoms with E-state index < -0.39 is 5.92 Å². The van der Waals surface area contributed by atoms with Crippen LogP contribution in [0, 0.1) is 5.92 Å². The van der Waals surface area contributed by atoms with Gasteiger partial charge in [-0.1, -0.05) is 0 Å². The maximum atomic E-state index is 13.1. The van der Waals surface area contributed by atoms with Crippen LogP contribution >= 0.6 is 11.5 Å². The summed E-state index contributed by atoms with van der Waals surface area (Å²) in [4.78, 5) is 17.0. The predicted molar refractivity (Wildman–Crippen MR) is 75.4 cm³/mol. The number of alkyl halides is 2. The SMILES string of the molecule is O=c1c2cccnc2sn1CCC1CCC(F)(F)CC1. The van der Waals surface area contributed by atoms with Crippen molar-refractivity contribution in [3.05, 3.63) is 28.7 Å². The summed E-state index contributed by atoms with van der Waals surface area (Å²) in [6, 6.07) is 3.53. The molecule has 0 N–H and O–H groups in total. The van der Waals surface area contributed by atoms with Crippen molar-refractivity contribution in [2.24, 2.45) is 5.92 Å². The Kier molecular flexibility index (Phi) is 3.58. The Morgan fingerprint density at radius 3 is 2.85 bits per heavy atom. The van der Waals surface area contributed by atoms with Crippen molar-refractivity contribution in [2.75, 3.05) is 0 Å². The van der Waals surface area contributed by atoms with Gasteiger partial charge in [-0.3, -0.25) is 8.75 Å². The number of aryl methyl sites for hydroxylation is 1. The molecule has 0 spiro atoms. The van der Waals surface area contributed by atoms with E-state index in [9.17, 15) is 13.6 Å². The van der Waals surface area contributed by atoms with Gasteiger partial charge in [0, 0.05) is 25.6 Å². The van der Waals surface area contributed by atoms with Gasteiger partial charge in [-0.15, -0.1) is 0 Å². The van der Waals surface area contributed by atoms with Crippen molar-refractivity contribution in [2.45, 2.75) is 44.6 Å². The molecule has 0 unspecified atom stereocenters. The molecule has 1 saturated carbocycles. The van der Waals surface area contributed by atoms with Crippen LogP contribution in [0.25, 0.3) is 10.2 Å². The Labute approximate surface area is 119 Å². The summed E-state index contributed by atoms with van der Waals surface area (Å²) >= 11 is 1.36. The molecule has 0 aliphatic heterocycles. The number of rotatable bonds is 3. The van der Waals surface area contributed by atoms with Crippen LogP contribution in [0.5, 0.6) is 0 Å². The van der Waals surface area contributed by atoms with Crippen molar-refractivity contribution in [3.63, 3.8) is 0 Å². The first-order valence-corrected chi connectivity index (χ1v) is 7.65. The third-order valence-electron chi connectivity index (χ3n) is 4.00. The van der Waals surface area contributed by atoms with Gasteiger partial charge in [-0.25, -0.2) is 13.8 Å². The molecular formula is C14H16F2N2OS. The van der Waals surface area contributed by atoms with Crippen molar-refractivity contribution >= 4 is 21.7 Å². The molecule has 0 saturated heterocycles. The summed E-state index contributed by atoms with van der Waals surface area (Å²) in [6.45, 7) is 0.607. The first-order chi connectivity index (χ1) is 9.55. The Bertz CT molecular complexity index is 654. The fourth-order valence-electron chi connectivity index (χ4n) is 2.74. The van der Waals surface area contributed by atoms with Gasteiger partial charge >= 0.3 is 0 Å². The molecule has 108 valence electrons. The topological polar surface area (TPSA) is 34.9 Å². The third kappa shape index (κ3) is 2.75. The Hall–Kier alpha value is -1.30. The number of hydrogen-bond donors (Lipinski definition) is 0. The van der Waals surface area contributed by atoms with Crippen LogP contribution in [0.4, 0.5) is 8.78 Å². The van der Waals surface area contributed by atoms with E-state index in [2.05, 4.69) is 4.98 Å². The highest BCUT2D eigenvalue weighted by atomic mass is 32.1. The normalized spacial score (nSPS) is 19.5. The number of aromatic nitrogens is 2. The molecule has 3 rings (SSSR count). The average molecular weight is 298 g/mol. The second kappa shape index (κ2) is 5.24. The van der Waals surface area contributed by atoms with Crippen LogP contribution in [0.3, 0.4) is 0 Å². The number of fused-ring (bicyclic) bond motifs is 1. The minimum absolute atomic E-state index is 0.0134. The van der Waals surface area contributed by atoms with Crippen molar-refractivity contribution in [1.29, 1.82) is 0 Å². The van der Waals surface area contributed by atoms with Crippen molar-refractivity contribution < 1.29 is 8.78 Å². The largest absolute Gasteiger partial charge is 0.270 e. The zero-order chi connectivity index (χ0) is 14.2. The summed E-state index contributed by atoms with van der Waals surface area (Å²) in [5.74, 6) is -2.17. The molecule has 2 heterocycles. The van der Waals surface area contributed by atoms with Gasteiger partial charge in [0.1, 0.15) is 4.83 Å². The maximum Gasteiger partial charge on any atom is 0.270 e. The van der Waals surface area contributed by atoms with Crippen molar-refractivity contribution in [1.82, 2.24) is 8.94 Å². The minimum Gasteiger partial charge on any atom is -0.268 e. The molecule has 2 aromatic rings. The summed E-state index contributed by atoms with van der Waals surface area (Å²) in [7, 11) is 0. The van der Waals surface area contributed by atoms with Gasteiger partial charge in [0.05, 0.1) is 5.39 Å². The predicted octanol–water partition coefficient (Wildman–Crippen LogP) is 3.67. The van der Waals surface area contributed by atoms with Crippen LogP contribution in [0.15, 0.2) is 23.1 Å². The molecule has 1 aliphatic rings. The molecular weight excluding hydrogens is 282 g/mol. The van der Waals surface area contributed by atoms with E-state index >= 15 is 0 Å². The highest BCUT2D eigenvalue weighted by molar-refractivity contribution is 7.13. The Morgan fingerprint density at radius 2 is 2.15 bits per heavy atom. The number of nitrogens with zero attached hydrogens (tertiary/aromatic N) is 2. The minimum atomic E-state index is -2.48. The van der Waals surface area contributed by atoms with Crippen molar-refractivity contribution in [3.8, 4) is 0 Å². The van der Waals surface area contributed by atoms with E-state index in [1.165, 1.54) is 11.5 Å². The van der Waals surface area contributed by atoms with Gasteiger partial charge in [-0.05, 0) is 48.8 Å². The molecule has 6 heteroatoms. The van der Waals surface area contributed by atoms with Gasteiger partial charge in [0.25, 0.3) is 5.56 Å². The van der Waals surface area contributed by atoms with Gasteiger partial charge in [0.2, 0.25) is 5.92 Å². The molecule has 20 heavy (non-hydrogen) atoms. The molecule has 0 amide bonds. The lowest BCUT2D eigenvalue weighted by atomic mass is 9.85. The molecule has 0 radical (unpaired) electrons. The summed E-state index contributed by atoms with van der Waals surface area (Å²) in [5.41, 5.74) is -0.0146. The van der Waals surface area contributed by atoms with Crippen LogP contribution in [-0.4, -0.2) is 14.9 Å². The molecule has 2 aromatic heterocycles. The van der Waals surface area contributed by atoms with Crippen LogP contribution < -0.4 is 5.56 Å². The smallest absolute Gasteiger partial charge is 0.268 e. The highest BCUT2D eigenvalue weighted by Crippen LogP contribution is 2.37. The van der Waals surface area contributed by atoms with E-state index in [1.54, 1.807) is 22.3 Å². The Morgan fingerprint density at radius 1 is 1.40 bits per heavy atom. The fourth-order valence-corrected chi connectivity index (χ4v) is 3.69. The quantitative estimate of drug-likeness (QED) is 0.866. The summed E-state index contributed by atoms with van der Waals surface area (Å²) in [5, 5.41) is 0.646. The van der Waals surface area contributed by atoms with E-state index in [0.29, 0.717) is 30.7 Å². The molecule has 0 bridgehead atoms. The second-order valence-electron chi connectivity index (χ2n) is 5.44. The molecule has 1 aliphatic carbocycles. The lowest BCUT2D eigenvalue weighted by Crippen LogP contribution is -2.25. The zero-order valence-corrected chi connectivity index (χ0v) is 11.8. The van der Waals surface area contributed by atoms with E-state index in [4.69, 9.17) is 0 Å². The first-order valence-electron chi connectivity index (χ1n) is 6.88. The van der Waals surface area contributed by atoms with Crippen LogP contribution in [0.2, 0.25) is 0 Å². The standard InChI is InChI=1S/C14H16F2N2OS/c15-14(16)6-3-10(4-7-14)5-9-18-13(19)11-2-1-8-17-12(11)20-18/h1-2,8,10H,3-7,9H2. The lowest BCUT2D eigenvalue weighted by molar-refractivity contribution is -0.0468. The number of hydrogen-bond acceptors (Lipinski definition) is 3. The monoisotopic (exact) mass is 298 g/mol. The van der Waals surface area contributed by atoms with E-state index in [0.717, 1.165) is 11.3 Å². The van der Waals surface area contributed by atoms with Crippen LogP contribution in [0.1, 0.15) is 32.1 Å². The molecule has 1 fully saturated rings. The Balaban J connectivity index is 1.66. The van der Waals surface area contributed by atoms with Gasteiger partial charge < -0.3 is 0 Å². The van der Waals surface area contributed by atoms with Crippen LogP contribution in [-0.2, 0) is 6.54 Å². The maximum absolute atomic E-state index is 13.1. The average Bonchev–Trinajstić information content (AvgIpc) is 2.75. The summed E-state index contributed by atoms with van der Waals surface area (Å²) < 4.78 is 27.9. The van der Waals surface area contributed by atoms with E-state index in [1.807, 2.05) is 0 Å². The second-order valence-corrected chi connectivity index (χ2v) is 6.45. The highest BCUT2D eigenvalue weighted by Gasteiger charge is 2.34. The molecule has 3 nitrogen and oxygen atoms in total. The zero-order valence-electron chi connectivity index (χ0n) is 11.0. The molecule has 0 aromatic carbocycles. The summed E-state index contributed by atoms with van der Waals surface area (Å²) in [6.07, 6.45) is 3.56. The number of pyridine rings is 1. The molecule has 0 atom stereocenters. The van der Waals surface area contributed by atoms with Gasteiger partial charge in [0.15, 0.2) is 0 Å². The fraction of sp³-hybridized carbons (Fsp3) is 0.571. The lowest BCUT2D eigenvalue weighted by Gasteiger charge is -2.28. The van der Waals surface area contributed by atoms with Gasteiger partial charge in [-0.2, -0.15) is 0 Å².